The molecule has 4 atom stereocenters. The summed E-state index contributed by atoms with van der Waals surface area (Å²) in [6.07, 6.45) is -0.647. The van der Waals surface area contributed by atoms with E-state index in [0.717, 1.165) is 28.3 Å². The minimum Gasteiger partial charge on any atom is -0.391 e. The van der Waals surface area contributed by atoms with Crippen LogP contribution in [0.15, 0.2) is 60.1 Å². The number of ether oxygens (including phenoxy) is 3. The average Bonchev–Trinajstić information content (AvgIpc) is 3.79. The Morgan fingerprint density at radius 1 is 0.882 bits per heavy atom. The van der Waals surface area contributed by atoms with Gasteiger partial charge in [-0.05, 0) is 102 Å². The van der Waals surface area contributed by atoms with Gasteiger partial charge in [-0.15, -0.1) is 11.3 Å². The fourth-order valence-electron chi connectivity index (χ4n) is 8.04. The molecule has 2 fully saturated rings. The second kappa shape index (κ2) is 28.3. The number of hydrogen-bond acceptors (Lipinski definition) is 14. The van der Waals surface area contributed by atoms with Gasteiger partial charge < -0.3 is 50.8 Å². The van der Waals surface area contributed by atoms with Crippen LogP contribution in [0.2, 0.25) is 0 Å². The molecular weight excluding hydrogens is 1130 g/mol. The van der Waals surface area contributed by atoms with Gasteiger partial charge in [0.2, 0.25) is 17.7 Å². The number of benzene rings is 3. The van der Waals surface area contributed by atoms with Gasteiger partial charge in [0, 0.05) is 29.6 Å². The number of hydrogen-bond donors (Lipinski definition) is 7. The maximum absolute atomic E-state index is 14.7. The molecule has 0 bridgehead atoms. The summed E-state index contributed by atoms with van der Waals surface area (Å²) in [5, 5.41) is 24.7. The fraction of sp³-hybridized carbons (Fsp3) is 0.500. The van der Waals surface area contributed by atoms with Crippen molar-refractivity contribution in [3.63, 3.8) is 0 Å². The molecule has 0 radical (unpaired) electrons. The fourth-order valence-corrected chi connectivity index (χ4v) is 9.31. The highest BCUT2D eigenvalue weighted by Gasteiger charge is 2.53. The molecule has 1 saturated carbocycles. The number of aryl methyl sites for hydroxylation is 1. The van der Waals surface area contributed by atoms with Crippen molar-refractivity contribution in [3.8, 4) is 10.4 Å². The number of nitrogens with zero attached hydrogens (tertiary/aromatic N) is 2. The van der Waals surface area contributed by atoms with Crippen molar-refractivity contribution in [3.05, 3.63) is 98.0 Å². The average molecular weight is 1200 g/mol. The van der Waals surface area contributed by atoms with E-state index in [4.69, 9.17) is 19.0 Å². The number of aliphatic hydroxyl groups is 1. The molecule has 5 amide bonds. The number of nitrogens with one attached hydrogen (secondary N) is 6. The lowest BCUT2D eigenvalue weighted by atomic mass is 9.85. The summed E-state index contributed by atoms with van der Waals surface area (Å²) in [5.74, 6) is -6.59. The van der Waals surface area contributed by atoms with Gasteiger partial charge in [0.25, 0.3) is 11.8 Å². The molecule has 1 aliphatic carbocycles. The number of β-amino-alcohol motifs (C(OH)–C–C–N with tert-alkyl or cyclic N) is 1. The summed E-state index contributed by atoms with van der Waals surface area (Å²) in [4.78, 5) is 78.7. The van der Waals surface area contributed by atoms with Crippen LogP contribution in [0.3, 0.4) is 0 Å². The third-order valence-electron chi connectivity index (χ3n) is 12.4. The van der Waals surface area contributed by atoms with Gasteiger partial charge in [-0.2, -0.15) is 0 Å². The number of thiazole rings is 1. The van der Waals surface area contributed by atoms with Gasteiger partial charge in [-0.3, -0.25) is 28.8 Å². The normalized spacial score (nSPS) is 16.7. The molecule has 1 saturated heterocycles. The number of alkyl halides is 1. The van der Waals surface area contributed by atoms with Gasteiger partial charge in [0.15, 0.2) is 17.3 Å². The van der Waals surface area contributed by atoms with Crippen molar-refractivity contribution < 1.29 is 65.7 Å². The molecule has 24 heteroatoms. The van der Waals surface area contributed by atoms with Crippen LogP contribution in [-0.2, 0) is 38.2 Å². The van der Waals surface area contributed by atoms with Crippen molar-refractivity contribution in [1.82, 2.24) is 36.6 Å². The lowest BCUT2D eigenvalue weighted by Crippen LogP contribution is -2.59. The molecule has 76 heavy (non-hydrogen) atoms. The number of carbonyl (C=O) groups excluding carboxylic acids is 5. The topological polar surface area (TPSA) is 231 Å². The first-order chi connectivity index (χ1) is 36.2. The number of halogens is 5. The predicted molar refractivity (Wildman–Crippen MR) is 284 cm³/mol. The minimum atomic E-state index is -2.02. The zero-order valence-electron chi connectivity index (χ0n) is 42.7. The summed E-state index contributed by atoms with van der Waals surface area (Å²) < 4.78 is 75.1. The van der Waals surface area contributed by atoms with Gasteiger partial charge in [-0.1, -0.05) is 45.0 Å². The minimum absolute atomic E-state index is 0.0643. The summed E-state index contributed by atoms with van der Waals surface area (Å²) in [6.45, 7) is 10.0. The first-order valence-electron chi connectivity index (χ1n) is 24.9. The first-order valence-corrected chi connectivity index (χ1v) is 26.8. The Kier molecular flexibility index (Phi) is 22.3. The third-order valence-corrected chi connectivity index (χ3v) is 14.1. The van der Waals surface area contributed by atoms with Crippen molar-refractivity contribution >= 4 is 74.8 Å². The van der Waals surface area contributed by atoms with Crippen LogP contribution in [0.1, 0.15) is 80.5 Å². The predicted octanol–water partition coefficient (Wildman–Crippen LogP) is 5.93. The van der Waals surface area contributed by atoms with E-state index in [9.17, 15) is 46.6 Å². The van der Waals surface area contributed by atoms with Crippen LogP contribution in [0.4, 0.5) is 28.9 Å². The van der Waals surface area contributed by atoms with E-state index in [0.29, 0.717) is 48.5 Å². The zero-order valence-corrected chi connectivity index (χ0v) is 45.7. The van der Waals surface area contributed by atoms with E-state index in [-0.39, 0.29) is 82.4 Å². The lowest BCUT2D eigenvalue weighted by molar-refractivity contribution is -0.145. The standard InChI is InChI=1S/C52H65F4IN8O10S/c1-31-45(76-30-60-31)33-8-6-32(7-9-33)40(62-48(69)41-27-35(66)29-65(41)49(70)46(51(2,3)4)63-50(71)52(56)14-15-52)28-42(67)59-18-21-73-23-25-74-24-22-72-20-17-58-16-5-19-75-64-47(68)36-11-12-37(53)43(55)44(36)61-39-13-10-34(57)26-38(39)54/h6-13,26,30,35,40-41,46,58,61,66H,5,14-25,27-29H2,1-4H3,(H,59,67)(H,62,69)(H,63,71)(H,64,68)/t35-,40+,41+,46?/m1/s1. The summed E-state index contributed by atoms with van der Waals surface area (Å²) in [7, 11) is 0. The number of rotatable bonds is 29. The van der Waals surface area contributed by atoms with E-state index in [2.05, 4.69) is 37.0 Å². The Bertz CT molecular complexity index is 2630. The molecule has 18 nitrogen and oxygen atoms in total. The second-order valence-electron chi connectivity index (χ2n) is 19.4. The Morgan fingerprint density at radius 2 is 1.57 bits per heavy atom. The third kappa shape index (κ3) is 17.3. The monoisotopic (exact) mass is 1200 g/mol. The molecular formula is C52H65F4IN8O10S. The number of aliphatic hydroxyl groups excluding tert-OH is 1. The number of aromatic nitrogens is 1. The number of anilines is 2. The Labute approximate surface area is 456 Å². The maximum atomic E-state index is 14.7. The van der Waals surface area contributed by atoms with Gasteiger partial charge in [0.1, 0.15) is 17.9 Å². The van der Waals surface area contributed by atoms with Crippen molar-refractivity contribution in [2.24, 2.45) is 5.41 Å². The van der Waals surface area contributed by atoms with Gasteiger partial charge in [0.05, 0.1) is 97.8 Å². The molecule has 1 aromatic heterocycles. The molecule has 1 unspecified atom stereocenters. The number of likely N-dealkylation sites (tertiary alicyclic amines) is 1. The highest BCUT2D eigenvalue weighted by atomic mass is 127. The highest BCUT2D eigenvalue weighted by Crippen LogP contribution is 2.41. The smallest absolute Gasteiger partial charge is 0.277 e. The highest BCUT2D eigenvalue weighted by molar-refractivity contribution is 14.1. The molecule has 4 aromatic rings. The molecule has 7 N–H and O–H groups in total. The number of hydroxylamine groups is 1. The molecule has 1 aliphatic heterocycles. The van der Waals surface area contributed by atoms with Crippen LogP contribution in [0.5, 0.6) is 0 Å². The second-order valence-corrected chi connectivity index (χ2v) is 21.5. The molecule has 2 heterocycles. The number of amides is 5. The van der Waals surface area contributed by atoms with Crippen molar-refractivity contribution in [2.45, 2.75) is 89.7 Å². The first kappa shape index (κ1) is 59.9. The largest absolute Gasteiger partial charge is 0.391 e. The van der Waals surface area contributed by atoms with Gasteiger partial charge >= 0.3 is 0 Å². The number of carbonyl (C=O) groups is 5. The van der Waals surface area contributed by atoms with Crippen LogP contribution < -0.4 is 32.1 Å². The molecule has 6 rings (SSSR count). The molecule has 3 aromatic carbocycles. The lowest BCUT2D eigenvalue weighted by Gasteiger charge is -2.36. The Hall–Kier alpha value is -5.35. The van der Waals surface area contributed by atoms with E-state index in [1.807, 2.05) is 53.8 Å². The van der Waals surface area contributed by atoms with Crippen LogP contribution in [0.25, 0.3) is 10.4 Å². The Balaban J connectivity index is 0.851. The van der Waals surface area contributed by atoms with E-state index in [1.165, 1.54) is 28.4 Å². The molecule has 2 aliphatic rings. The quantitative estimate of drug-likeness (QED) is 0.0145. The van der Waals surface area contributed by atoms with E-state index < -0.39 is 82.1 Å². The van der Waals surface area contributed by atoms with E-state index >= 15 is 0 Å². The molecule has 0 spiro atoms. The van der Waals surface area contributed by atoms with E-state index in [1.54, 1.807) is 32.3 Å². The van der Waals surface area contributed by atoms with Crippen molar-refractivity contribution in [2.75, 3.05) is 77.7 Å². The van der Waals surface area contributed by atoms with Crippen LogP contribution >= 0.6 is 33.9 Å². The summed E-state index contributed by atoms with van der Waals surface area (Å²) in [5.41, 5.74) is 2.52. The van der Waals surface area contributed by atoms with Crippen molar-refractivity contribution in [1.29, 1.82) is 0 Å². The van der Waals surface area contributed by atoms with Crippen LogP contribution in [0, 0.1) is 33.4 Å². The summed E-state index contributed by atoms with van der Waals surface area (Å²) >= 11 is 3.39. The maximum Gasteiger partial charge on any atom is 0.277 e. The van der Waals surface area contributed by atoms with Crippen LogP contribution in [-0.4, -0.2) is 141 Å². The molecule has 414 valence electrons. The Morgan fingerprint density at radius 3 is 2.21 bits per heavy atom. The zero-order chi connectivity index (χ0) is 55.0. The SMILES string of the molecule is Cc1ncsc1-c1ccc([C@H](CC(=O)NCCOCCOCCOCCNCCCONC(=O)c2ccc(F)c(F)c2Nc2ccc(I)cc2F)NC(=O)[C@@H]2C[C@@H](O)CN2C(=O)C(NC(=O)C2(F)CC2)C(C)(C)C)cc1. The summed E-state index contributed by atoms with van der Waals surface area (Å²) in [6, 6.07) is 10.2. The van der Waals surface area contributed by atoms with Gasteiger partial charge in [-0.25, -0.2) is 28.0 Å².